The Bertz CT molecular complexity index is 576. The van der Waals surface area contributed by atoms with E-state index in [4.69, 9.17) is 5.73 Å². The van der Waals surface area contributed by atoms with E-state index >= 15 is 0 Å². The number of aromatic nitrogens is 3. The highest BCUT2D eigenvalue weighted by Crippen LogP contribution is 2.25. The summed E-state index contributed by atoms with van der Waals surface area (Å²) in [7, 11) is 0. The number of pyridine rings is 1. The second-order valence-corrected chi connectivity index (χ2v) is 5.49. The molecule has 5 nitrogen and oxygen atoms in total. The highest BCUT2D eigenvalue weighted by Gasteiger charge is 2.26. The quantitative estimate of drug-likeness (QED) is 0.890. The van der Waals surface area contributed by atoms with E-state index in [0.717, 1.165) is 37.4 Å². The molecule has 0 radical (unpaired) electrons. The second-order valence-electron chi connectivity index (χ2n) is 5.49. The standard InChI is InChI=1S/C14H21N5/c1-3-11-8-18(5-4-12(11)15)14-7-10(2)6-13-16-9-17-19(13)14/h6-7,9,11-12H,3-5,8,15H2,1-2H3. The normalized spacial score (nSPS) is 24.1. The van der Waals surface area contributed by atoms with Crippen LogP contribution < -0.4 is 10.6 Å². The molecule has 19 heavy (non-hydrogen) atoms. The third-order valence-corrected chi connectivity index (χ3v) is 4.15. The Balaban J connectivity index is 1.97. The molecule has 2 aromatic heterocycles. The van der Waals surface area contributed by atoms with E-state index in [1.54, 1.807) is 6.33 Å². The summed E-state index contributed by atoms with van der Waals surface area (Å²) < 4.78 is 1.93. The first-order valence-electron chi connectivity index (χ1n) is 7.00. The molecule has 1 aliphatic rings. The fourth-order valence-electron chi connectivity index (χ4n) is 2.95. The van der Waals surface area contributed by atoms with Crippen LogP contribution >= 0.6 is 0 Å². The van der Waals surface area contributed by atoms with Crippen LogP contribution in [0.25, 0.3) is 5.65 Å². The van der Waals surface area contributed by atoms with Gasteiger partial charge in [-0.25, -0.2) is 4.98 Å². The van der Waals surface area contributed by atoms with E-state index in [9.17, 15) is 0 Å². The molecule has 0 bridgehead atoms. The lowest BCUT2D eigenvalue weighted by Gasteiger charge is -2.37. The number of nitrogens with two attached hydrogens (primary N) is 1. The highest BCUT2D eigenvalue weighted by atomic mass is 15.4. The van der Waals surface area contributed by atoms with Gasteiger partial charge >= 0.3 is 0 Å². The van der Waals surface area contributed by atoms with Crippen LogP contribution in [0.1, 0.15) is 25.3 Å². The minimum Gasteiger partial charge on any atom is -0.356 e. The SMILES string of the molecule is CCC1CN(c2cc(C)cc3ncnn23)CCC1N. The van der Waals surface area contributed by atoms with E-state index in [-0.39, 0.29) is 0 Å². The number of aryl methyl sites for hydroxylation is 1. The lowest BCUT2D eigenvalue weighted by atomic mass is 9.91. The Morgan fingerprint density at radius 3 is 3.05 bits per heavy atom. The Morgan fingerprint density at radius 1 is 1.42 bits per heavy atom. The summed E-state index contributed by atoms with van der Waals surface area (Å²) in [5.74, 6) is 1.70. The average molecular weight is 259 g/mol. The van der Waals surface area contributed by atoms with Gasteiger partial charge in [-0.2, -0.15) is 9.61 Å². The predicted molar refractivity (Wildman–Crippen MR) is 76.3 cm³/mol. The molecule has 1 aliphatic heterocycles. The van der Waals surface area contributed by atoms with E-state index in [2.05, 4.69) is 41.0 Å². The zero-order chi connectivity index (χ0) is 13.4. The van der Waals surface area contributed by atoms with Gasteiger partial charge in [-0.3, -0.25) is 0 Å². The summed E-state index contributed by atoms with van der Waals surface area (Å²) in [6.07, 6.45) is 3.79. The fourth-order valence-corrected chi connectivity index (χ4v) is 2.95. The van der Waals surface area contributed by atoms with Crippen LogP contribution in [0.4, 0.5) is 5.82 Å². The molecule has 2 atom stereocenters. The molecule has 2 unspecified atom stereocenters. The molecule has 3 rings (SSSR count). The summed E-state index contributed by atoms with van der Waals surface area (Å²) in [5.41, 5.74) is 8.33. The van der Waals surface area contributed by atoms with Gasteiger partial charge in [0, 0.05) is 19.1 Å². The van der Waals surface area contributed by atoms with Crippen molar-refractivity contribution in [1.29, 1.82) is 0 Å². The van der Waals surface area contributed by atoms with Crippen molar-refractivity contribution in [3.63, 3.8) is 0 Å². The maximum atomic E-state index is 6.19. The van der Waals surface area contributed by atoms with E-state index in [1.165, 1.54) is 5.56 Å². The molecule has 0 aliphatic carbocycles. The zero-order valence-electron chi connectivity index (χ0n) is 11.6. The zero-order valence-corrected chi connectivity index (χ0v) is 11.6. The van der Waals surface area contributed by atoms with E-state index < -0.39 is 0 Å². The highest BCUT2D eigenvalue weighted by molar-refractivity contribution is 5.53. The van der Waals surface area contributed by atoms with Gasteiger partial charge in [0.05, 0.1) is 0 Å². The Morgan fingerprint density at radius 2 is 2.26 bits per heavy atom. The number of nitrogens with zero attached hydrogens (tertiary/aromatic N) is 4. The number of piperidine rings is 1. The Hall–Kier alpha value is -1.62. The molecular weight excluding hydrogens is 238 g/mol. The van der Waals surface area contributed by atoms with Crippen LogP contribution in [-0.4, -0.2) is 33.7 Å². The summed E-state index contributed by atoms with van der Waals surface area (Å²) in [4.78, 5) is 6.68. The van der Waals surface area contributed by atoms with Crippen LogP contribution in [-0.2, 0) is 0 Å². The third-order valence-electron chi connectivity index (χ3n) is 4.15. The van der Waals surface area contributed by atoms with Crippen molar-refractivity contribution >= 4 is 11.5 Å². The molecule has 0 aromatic carbocycles. The van der Waals surface area contributed by atoms with Crippen LogP contribution in [0, 0.1) is 12.8 Å². The Kier molecular flexibility index (Phi) is 3.14. The van der Waals surface area contributed by atoms with E-state index in [1.807, 2.05) is 4.52 Å². The van der Waals surface area contributed by atoms with Crippen LogP contribution in [0.2, 0.25) is 0 Å². The largest absolute Gasteiger partial charge is 0.356 e. The van der Waals surface area contributed by atoms with Gasteiger partial charge in [0.15, 0.2) is 5.65 Å². The molecule has 0 spiro atoms. The number of anilines is 1. The Labute approximate surface area is 113 Å². The van der Waals surface area contributed by atoms with Crippen molar-refractivity contribution < 1.29 is 0 Å². The maximum absolute atomic E-state index is 6.19. The summed E-state index contributed by atoms with van der Waals surface area (Å²) in [5, 5.41) is 4.34. The average Bonchev–Trinajstić information content (AvgIpc) is 2.86. The first-order valence-corrected chi connectivity index (χ1v) is 7.00. The number of hydrogen-bond acceptors (Lipinski definition) is 4. The van der Waals surface area contributed by atoms with Gasteiger partial charge in [0.1, 0.15) is 12.1 Å². The minimum atomic E-state index is 0.331. The summed E-state index contributed by atoms with van der Waals surface area (Å²) >= 11 is 0. The van der Waals surface area contributed by atoms with Gasteiger partial charge in [-0.1, -0.05) is 13.3 Å². The molecule has 2 N–H and O–H groups in total. The molecular formula is C14H21N5. The van der Waals surface area contributed by atoms with Gasteiger partial charge in [-0.15, -0.1) is 0 Å². The van der Waals surface area contributed by atoms with Crippen molar-refractivity contribution in [2.75, 3.05) is 18.0 Å². The third kappa shape index (κ3) is 2.18. The lowest BCUT2D eigenvalue weighted by Crippen LogP contribution is -2.47. The van der Waals surface area contributed by atoms with Crippen molar-refractivity contribution in [2.45, 2.75) is 32.7 Å². The van der Waals surface area contributed by atoms with Gasteiger partial charge in [-0.05, 0) is 37.0 Å². The molecule has 2 aromatic rings. The van der Waals surface area contributed by atoms with E-state index in [0.29, 0.717) is 12.0 Å². The molecule has 0 saturated carbocycles. The molecule has 102 valence electrons. The van der Waals surface area contributed by atoms with Crippen LogP contribution in [0.5, 0.6) is 0 Å². The summed E-state index contributed by atoms with van der Waals surface area (Å²) in [6.45, 7) is 6.33. The maximum Gasteiger partial charge on any atom is 0.157 e. The van der Waals surface area contributed by atoms with Crippen molar-refractivity contribution in [1.82, 2.24) is 14.6 Å². The molecule has 5 heteroatoms. The predicted octanol–water partition coefficient (Wildman–Crippen LogP) is 1.60. The smallest absolute Gasteiger partial charge is 0.157 e. The monoisotopic (exact) mass is 259 g/mol. The van der Waals surface area contributed by atoms with Crippen LogP contribution in [0.3, 0.4) is 0 Å². The minimum absolute atomic E-state index is 0.331. The number of hydrogen-bond donors (Lipinski definition) is 1. The summed E-state index contributed by atoms with van der Waals surface area (Å²) in [6, 6.07) is 4.58. The van der Waals surface area contributed by atoms with Crippen LogP contribution in [0.15, 0.2) is 18.5 Å². The first kappa shape index (κ1) is 12.4. The van der Waals surface area contributed by atoms with Gasteiger partial charge < -0.3 is 10.6 Å². The van der Waals surface area contributed by atoms with Crippen molar-refractivity contribution in [3.05, 3.63) is 24.0 Å². The van der Waals surface area contributed by atoms with Crippen molar-refractivity contribution in [2.24, 2.45) is 11.7 Å². The van der Waals surface area contributed by atoms with Crippen molar-refractivity contribution in [3.8, 4) is 0 Å². The van der Waals surface area contributed by atoms with Gasteiger partial charge in [0.2, 0.25) is 0 Å². The number of rotatable bonds is 2. The fraction of sp³-hybridized carbons (Fsp3) is 0.571. The second kappa shape index (κ2) is 4.81. The molecule has 1 fully saturated rings. The topological polar surface area (TPSA) is 59.5 Å². The molecule has 3 heterocycles. The number of fused-ring (bicyclic) bond motifs is 1. The molecule has 0 amide bonds. The van der Waals surface area contributed by atoms with Gasteiger partial charge in [0.25, 0.3) is 0 Å². The lowest BCUT2D eigenvalue weighted by molar-refractivity contribution is 0.346. The first-order chi connectivity index (χ1) is 9.19. The molecule has 1 saturated heterocycles.